The highest BCUT2D eigenvalue weighted by atomic mass is 16.5. The molecule has 1 aliphatic heterocycles. The van der Waals surface area contributed by atoms with Crippen LogP contribution in [0, 0.1) is 0 Å². The Labute approximate surface area is 96.0 Å². The van der Waals surface area contributed by atoms with Gasteiger partial charge >= 0.3 is 5.97 Å². The first kappa shape index (κ1) is 11.0. The van der Waals surface area contributed by atoms with Crippen LogP contribution in [0.4, 0.5) is 5.69 Å². The van der Waals surface area contributed by atoms with E-state index in [2.05, 4.69) is 38.1 Å². The number of rotatable bonds is 3. The average molecular weight is 219 g/mol. The normalized spacial score (nSPS) is 18.8. The first-order valence-electron chi connectivity index (χ1n) is 5.58. The van der Waals surface area contributed by atoms with Crippen molar-refractivity contribution in [2.75, 3.05) is 18.6 Å². The highest BCUT2D eigenvalue weighted by Crippen LogP contribution is 2.29. The minimum absolute atomic E-state index is 0.0742. The number of carbonyl (C=O) groups is 1. The van der Waals surface area contributed by atoms with E-state index < -0.39 is 0 Å². The zero-order valence-electron chi connectivity index (χ0n) is 9.93. The molecule has 0 spiro atoms. The predicted octanol–water partition coefficient (Wildman–Crippen LogP) is 2.17. The maximum atomic E-state index is 11.3. The van der Waals surface area contributed by atoms with E-state index in [1.54, 1.807) is 0 Å². The second kappa shape index (κ2) is 4.16. The lowest BCUT2D eigenvalue weighted by Gasteiger charge is -2.08. The molecule has 16 heavy (non-hydrogen) atoms. The molecule has 0 saturated carbocycles. The summed E-state index contributed by atoms with van der Waals surface area (Å²) < 4.78 is 4.71. The van der Waals surface area contributed by atoms with Crippen molar-refractivity contribution in [3.63, 3.8) is 0 Å². The minimum Gasteiger partial charge on any atom is -0.467 e. The number of carbonyl (C=O) groups excluding carboxylic acids is 1. The van der Waals surface area contributed by atoms with E-state index in [1.165, 1.54) is 12.7 Å². The summed E-state index contributed by atoms with van der Waals surface area (Å²) >= 11 is 0. The summed E-state index contributed by atoms with van der Waals surface area (Å²) in [4.78, 5) is 13.3. The molecule has 0 bridgehead atoms. The molecule has 1 aromatic carbocycles. The van der Waals surface area contributed by atoms with Gasteiger partial charge in [-0.15, -0.1) is 0 Å². The zero-order valence-corrected chi connectivity index (χ0v) is 9.93. The fourth-order valence-electron chi connectivity index (χ4n) is 1.81. The highest BCUT2D eigenvalue weighted by Gasteiger charge is 2.41. The molecule has 2 rings (SSSR count). The van der Waals surface area contributed by atoms with Crippen molar-refractivity contribution in [3.05, 3.63) is 29.8 Å². The quantitative estimate of drug-likeness (QED) is 0.576. The number of benzene rings is 1. The summed E-state index contributed by atoms with van der Waals surface area (Å²) in [5, 5.41) is 0. The van der Waals surface area contributed by atoms with Gasteiger partial charge in [0.05, 0.1) is 13.7 Å². The van der Waals surface area contributed by atoms with Crippen LogP contribution in [0.2, 0.25) is 0 Å². The molecule has 1 fully saturated rings. The molecule has 1 atom stereocenters. The SMILES string of the molecule is COC(=O)C1CN1c1ccc(C(C)C)cc1. The first-order chi connectivity index (χ1) is 7.63. The Hall–Kier alpha value is -1.51. The van der Waals surface area contributed by atoms with Crippen LogP contribution in [0.5, 0.6) is 0 Å². The van der Waals surface area contributed by atoms with Crippen LogP contribution in [0.3, 0.4) is 0 Å². The molecule has 1 unspecified atom stereocenters. The van der Waals surface area contributed by atoms with Crippen LogP contribution in [0.1, 0.15) is 25.3 Å². The van der Waals surface area contributed by atoms with Gasteiger partial charge < -0.3 is 9.64 Å². The fourth-order valence-corrected chi connectivity index (χ4v) is 1.81. The molecule has 86 valence electrons. The molecule has 1 aromatic rings. The van der Waals surface area contributed by atoms with Crippen molar-refractivity contribution in [1.82, 2.24) is 0 Å². The summed E-state index contributed by atoms with van der Waals surface area (Å²) in [5.41, 5.74) is 2.42. The van der Waals surface area contributed by atoms with Crippen LogP contribution in [0.15, 0.2) is 24.3 Å². The van der Waals surface area contributed by atoms with Crippen molar-refractivity contribution in [2.24, 2.45) is 0 Å². The number of ether oxygens (including phenoxy) is 1. The molecule has 1 heterocycles. The highest BCUT2D eigenvalue weighted by molar-refractivity contribution is 5.86. The summed E-state index contributed by atoms with van der Waals surface area (Å²) in [6, 6.07) is 8.30. The first-order valence-corrected chi connectivity index (χ1v) is 5.58. The van der Waals surface area contributed by atoms with Gasteiger partial charge in [0.1, 0.15) is 6.04 Å². The molecule has 3 nitrogen and oxygen atoms in total. The van der Waals surface area contributed by atoms with E-state index in [4.69, 9.17) is 4.74 Å². The molecular formula is C13H17NO2. The maximum absolute atomic E-state index is 11.3. The summed E-state index contributed by atoms with van der Waals surface area (Å²) in [6.07, 6.45) is 0. The van der Waals surface area contributed by atoms with E-state index in [1.807, 2.05) is 4.90 Å². The second-order valence-electron chi connectivity index (χ2n) is 4.44. The monoisotopic (exact) mass is 219 g/mol. The van der Waals surface area contributed by atoms with E-state index in [9.17, 15) is 4.79 Å². The topological polar surface area (TPSA) is 29.3 Å². The Morgan fingerprint density at radius 2 is 2.00 bits per heavy atom. The third-order valence-corrected chi connectivity index (χ3v) is 2.98. The molecule has 0 amide bonds. The number of hydrogen-bond donors (Lipinski definition) is 0. The van der Waals surface area contributed by atoms with Gasteiger partial charge in [0.25, 0.3) is 0 Å². The molecule has 1 saturated heterocycles. The summed E-state index contributed by atoms with van der Waals surface area (Å²) in [6.45, 7) is 5.11. The lowest BCUT2D eigenvalue weighted by Crippen LogP contribution is -2.13. The lowest BCUT2D eigenvalue weighted by atomic mass is 10.0. The van der Waals surface area contributed by atoms with Crippen molar-refractivity contribution in [3.8, 4) is 0 Å². The van der Waals surface area contributed by atoms with Gasteiger partial charge in [0.15, 0.2) is 0 Å². The van der Waals surface area contributed by atoms with Crippen LogP contribution in [-0.2, 0) is 9.53 Å². The van der Waals surface area contributed by atoms with E-state index in [0.717, 1.165) is 12.2 Å². The molecule has 3 heteroatoms. The van der Waals surface area contributed by atoms with Gasteiger partial charge in [0, 0.05) is 5.69 Å². The van der Waals surface area contributed by atoms with Crippen molar-refractivity contribution >= 4 is 11.7 Å². The van der Waals surface area contributed by atoms with Gasteiger partial charge in [-0.3, -0.25) is 0 Å². The van der Waals surface area contributed by atoms with E-state index in [-0.39, 0.29) is 12.0 Å². The van der Waals surface area contributed by atoms with Crippen molar-refractivity contribution < 1.29 is 9.53 Å². The lowest BCUT2D eigenvalue weighted by molar-refractivity contribution is -0.139. The summed E-state index contributed by atoms with van der Waals surface area (Å²) in [7, 11) is 1.43. The third kappa shape index (κ3) is 2.03. The second-order valence-corrected chi connectivity index (χ2v) is 4.44. The Bertz CT molecular complexity index is 383. The molecular weight excluding hydrogens is 202 g/mol. The molecule has 0 aliphatic carbocycles. The van der Waals surface area contributed by atoms with Crippen LogP contribution in [0.25, 0.3) is 0 Å². The van der Waals surface area contributed by atoms with E-state index >= 15 is 0 Å². The largest absolute Gasteiger partial charge is 0.467 e. The van der Waals surface area contributed by atoms with Gasteiger partial charge in [-0.2, -0.15) is 0 Å². The average Bonchev–Trinajstić information content (AvgIpc) is 3.08. The molecule has 0 radical (unpaired) electrons. The number of esters is 1. The van der Waals surface area contributed by atoms with Crippen molar-refractivity contribution in [1.29, 1.82) is 0 Å². The zero-order chi connectivity index (χ0) is 11.7. The Morgan fingerprint density at radius 1 is 1.38 bits per heavy atom. The maximum Gasteiger partial charge on any atom is 0.330 e. The minimum atomic E-state index is -0.145. The third-order valence-electron chi connectivity index (χ3n) is 2.98. The standard InChI is InChI=1S/C13H17NO2/c1-9(2)10-4-6-11(7-5-10)14-8-12(14)13(15)16-3/h4-7,9,12H,8H2,1-3H3. The number of hydrogen-bond acceptors (Lipinski definition) is 3. The Morgan fingerprint density at radius 3 is 2.50 bits per heavy atom. The smallest absolute Gasteiger partial charge is 0.330 e. The summed E-state index contributed by atoms with van der Waals surface area (Å²) in [5.74, 6) is 0.396. The van der Waals surface area contributed by atoms with Crippen LogP contribution >= 0.6 is 0 Å². The molecule has 0 N–H and O–H groups in total. The molecule has 1 aliphatic rings. The van der Waals surface area contributed by atoms with Gasteiger partial charge in [-0.05, 0) is 23.6 Å². The van der Waals surface area contributed by atoms with Crippen LogP contribution in [-0.4, -0.2) is 25.7 Å². The van der Waals surface area contributed by atoms with Gasteiger partial charge in [-0.25, -0.2) is 4.79 Å². The number of anilines is 1. The van der Waals surface area contributed by atoms with E-state index in [0.29, 0.717) is 5.92 Å². The van der Waals surface area contributed by atoms with Gasteiger partial charge in [0.2, 0.25) is 0 Å². The van der Waals surface area contributed by atoms with Crippen molar-refractivity contribution in [2.45, 2.75) is 25.8 Å². The number of methoxy groups -OCH3 is 1. The fraction of sp³-hybridized carbons (Fsp3) is 0.462. The predicted molar refractivity (Wildman–Crippen MR) is 63.7 cm³/mol. The van der Waals surface area contributed by atoms with Crippen LogP contribution < -0.4 is 4.90 Å². The molecule has 0 aromatic heterocycles. The van der Waals surface area contributed by atoms with Gasteiger partial charge in [-0.1, -0.05) is 26.0 Å². The Balaban J connectivity index is 2.05. The number of nitrogens with zero attached hydrogens (tertiary/aromatic N) is 1. The Kier molecular flexibility index (Phi) is 2.86.